The summed E-state index contributed by atoms with van der Waals surface area (Å²) in [7, 11) is -1.11. The lowest BCUT2D eigenvalue weighted by Crippen LogP contribution is -2.33. The maximum Gasteiger partial charge on any atom is 0.263 e. The average molecular weight is 493 g/mol. The number of aromatic nitrogens is 2. The monoisotopic (exact) mass is 492 g/mol. The van der Waals surface area contributed by atoms with E-state index in [1.165, 1.54) is 16.6 Å². The van der Waals surface area contributed by atoms with Crippen LogP contribution in [-0.4, -0.2) is 86.2 Å². The predicted octanol–water partition coefficient (Wildman–Crippen LogP) is 2.40. The number of nitrogens with one attached hydrogen (secondary N) is 1. The van der Waals surface area contributed by atoms with Gasteiger partial charge in [0.05, 0.1) is 17.5 Å². The number of alkyl halides is 2. The summed E-state index contributed by atoms with van der Waals surface area (Å²) < 4.78 is 53.1. The Balaban J connectivity index is 1.30. The number of sulfonamides is 1. The van der Waals surface area contributed by atoms with Crippen LogP contribution < -0.4 is 10.2 Å². The Labute approximate surface area is 198 Å². The second-order valence-corrected chi connectivity index (χ2v) is 12.7. The van der Waals surface area contributed by atoms with Crippen molar-refractivity contribution in [2.24, 2.45) is 17.3 Å². The molecule has 1 aromatic carbocycles. The van der Waals surface area contributed by atoms with Crippen LogP contribution in [0.4, 0.5) is 20.4 Å². The van der Waals surface area contributed by atoms with E-state index < -0.39 is 16.4 Å². The second-order valence-electron chi connectivity index (χ2n) is 10.7. The van der Waals surface area contributed by atoms with Gasteiger partial charge in [0, 0.05) is 67.9 Å². The fourth-order valence-corrected chi connectivity index (χ4v) is 7.27. The van der Waals surface area contributed by atoms with Gasteiger partial charge in [-0.25, -0.2) is 31.5 Å². The lowest BCUT2D eigenvalue weighted by Gasteiger charge is -2.26. The van der Waals surface area contributed by atoms with E-state index in [2.05, 4.69) is 27.1 Å². The molecule has 184 valence electrons. The predicted molar refractivity (Wildman–Crippen MR) is 127 cm³/mol. The average Bonchev–Trinajstić information content (AvgIpc) is 3.22. The quantitative estimate of drug-likeness (QED) is 0.687. The lowest BCUT2D eigenvalue weighted by molar-refractivity contribution is 0.151. The summed E-state index contributed by atoms with van der Waals surface area (Å²) >= 11 is 0. The molecule has 1 unspecified atom stereocenters. The third kappa shape index (κ3) is 3.81. The second kappa shape index (κ2) is 7.69. The molecule has 1 aromatic heterocycles. The first-order chi connectivity index (χ1) is 16.1. The van der Waals surface area contributed by atoms with Gasteiger partial charge in [0.1, 0.15) is 0 Å². The van der Waals surface area contributed by atoms with E-state index in [9.17, 15) is 17.2 Å². The molecule has 0 amide bonds. The Hall–Kier alpha value is -2.11. The van der Waals surface area contributed by atoms with Crippen LogP contribution in [0.3, 0.4) is 0 Å². The molecule has 4 atom stereocenters. The third-order valence-corrected chi connectivity index (χ3v) is 9.51. The fraction of sp³-hybridized carbons (Fsp3) is 0.652. The third-order valence-electron chi connectivity index (χ3n) is 8.26. The van der Waals surface area contributed by atoms with Crippen LogP contribution in [0.25, 0.3) is 10.9 Å². The van der Waals surface area contributed by atoms with Gasteiger partial charge in [-0.3, -0.25) is 0 Å². The van der Waals surface area contributed by atoms with Crippen molar-refractivity contribution in [1.82, 2.24) is 19.2 Å². The summed E-state index contributed by atoms with van der Waals surface area (Å²) in [6.07, 6.45) is 1.90. The van der Waals surface area contributed by atoms with Gasteiger partial charge in [-0.1, -0.05) is 0 Å². The van der Waals surface area contributed by atoms with Crippen LogP contribution in [0.2, 0.25) is 0 Å². The van der Waals surface area contributed by atoms with Crippen molar-refractivity contribution in [3.05, 3.63) is 23.9 Å². The number of nitrogens with zero attached hydrogens (tertiary/aromatic N) is 5. The summed E-state index contributed by atoms with van der Waals surface area (Å²) in [6.45, 7) is 4.45. The van der Waals surface area contributed by atoms with Gasteiger partial charge in [-0.15, -0.1) is 0 Å². The first-order valence-electron chi connectivity index (χ1n) is 11.9. The topological polar surface area (TPSA) is 81.7 Å². The van der Waals surface area contributed by atoms with Gasteiger partial charge in [0.2, 0.25) is 16.0 Å². The van der Waals surface area contributed by atoms with Crippen LogP contribution in [0.5, 0.6) is 0 Å². The Morgan fingerprint density at radius 2 is 1.88 bits per heavy atom. The number of hydrogen-bond donors (Lipinski definition) is 1. The number of hydrogen-bond acceptors (Lipinski definition) is 7. The Kier molecular flexibility index (Phi) is 5.06. The van der Waals surface area contributed by atoms with Crippen molar-refractivity contribution in [1.29, 1.82) is 0 Å². The molecule has 2 aromatic rings. The highest BCUT2D eigenvalue weighted by Gasteiger charge is 2.55. The van der Waals surface area contributed by atoms with Crippen molar-refractivity contribution < 1.29 is 17.2 Å². The van der Waals surface area contributed by atoms with Crippen molar-refractivity contribution in [2.45, 2.75) is 25.3 Å². The smallest absolute Gasteiger partial charge is 0.263 e. The highest BCUT2D eigenvalue weighted by atomic mass is 32.2. The van der Waals surface area contributed by atoms with Crippen molar-refractivity contribution in [3.63, 3.8) is 0 Å². The molecule has 3 saturated heterocycles. The van der Waals surface area contributed by atoms with Gasteiger partial charge >= 0.3 is 0 Å². The minimum absolute atomic E-state index is 0.0447. The first-order valence-corrected chi connectivity index (χ1v) is 13.7. The number of halogens is 2. The summed E-state index contributed by atoms with van der Waals surface area (Å²) in [6, 6.07) is 3.39. The molecule has 0 bridgehead atoms. The number of likely N-dealkylation sites (tertiary alicyclic amines) is 1. The molecule has 11 heteroatoms. The molecule has 1 N–H and O–H groups in total. The number of benzene rings is 1. The van der Waals surface area contributed by atoms with Crippen LogP contribution >= 0.6 is 0 Å². The van der Waals surface area contributed by atoms with E-state index in [0.717, 1.165) is 25.9 Å². The number of rotatable bonds is 5. The van der Waals surface area contributed by atoms with E-state index in [1.807, 2.05) is 0 Å². The Morgan fingerprint density at radius 3 is 2.56 bits per heavy atom. The Bertz CT molecular complexity index is 1230. The molecule has 1 aliphatic carbocycles. The first kappa shape index (κ1) is 22.4. The van der Waals surface area contributed by atoms with E-state index in [4.69, 9.17) is 4.98 Å². The molecule has 34 heavy (non-hydrogen) atoms. The van der Waals surface area contributed by atoms with Gasteiger partial charge in [-0.2, -0.15) is 0 Å². The summed E-state index contributed by atoms with van der Waals surface area (Å²) in [5.41, 5.74) is 1.15. The zero-order valence-corrected chi connectivity index (χ0v) is 20.2. The van der Waals surface area contributed by atoms with Crippen LogP contribution in [0.15, 0.2) is 18.3 Å². The molecule has 4 fully saturated rings. The van der Waals surface area contributed by atoms with Crippen LogP contribution in [0, 0.1) is 17.3 Å². The fourth-order valence-electron chi connectivity index (χ4n) is 6.34. The summed E-state index contributed by atoms with van der Waals surface area (Å²) in [5.74, 6) is 1.77. The van der Waals surface area contributed by atoms with Gasteiger partial charge in [-0.05, 0) is 43.9 Å². The lowest BCUT2D eigenvalue weighted by atomic mass is 9.86. The van der Waals surface area contributed by atoms with Gasteiger partial charge in [0.25, 0.3) is 6.43 Å². The summed E-state index contributed by atoms with van der Waals surface area (Å²) in [4.78, 5) is 13.7. The highest BCUT2D eigenvalue weighted by molar-refractivity contribution is 7.88. The van der Waals surface area contributed by atoms with E-state index in [1.54, 1.807) is 12.3 Å². The van der Waals surface area contributed by atoms with E-state index >= 15 is 0 Å². The van der Waals surface area contributed by atoms with E-state index in [-0.39, 0.29) is 11.0 Å². The minimum atomic E-state index is -3.24. The molecule has 1 saturated carbocycles. The van der Waals surface area contributed by atoms with Crippen LogP contribution in [-0.2, 0) is 10.0 Å². The molecule has 4 heterocycles. The largest absolute Gasteiger partial charge is 0.369 e. The van der Waals surface area contributed by atoms with Crippen molar-refractivity contribution in [2.75, 3.05) is 62.8 Å². The normalized spacial score (nSPS) is 31.8. The molecule has 4 aliphatic rings. The minimum Gasteiger partial charge on any atom is -0.369 e. The molecule has 3 aliphatic heterocycles. The van der Waals surface area contributed by atoms with Crippen LogP contribution in [0.1, 0.15) is 24.8 Å². The molecule has 0 radical (unpaired) electrons. The zero-order valence-electron chi connectivity index (χ0n) is 19.4. The summed E-state index contributed by atoms with van der Waals surface area (Å²) in [5, 5.41) is 4.06. The standard InChI is InChI=1S/C23H30F2N6O2S/c1-29-10-16-17(11-29)20(16)28-22-26-9-15-7-14(21(24)25)8-18(19(15)27-22)30-5-3-23(12-30)4-6-31(13-23)34(2,32)33/h7-9,16-17,20-21H,3-6,10-13H2,1-2H3,(H,26,27,28)/t16-,17+,20-,23?. The molecular weight excluding hydrogens is 462 g/mol. The van der Waals surface area contributed by atoms with Crippen molar-refractivity contribution in [3.8, 4) is 0 Å². The van der Waals surface area contributed by atoms with Gasteiger partial charge < -0.3 is 15.1 Å². The maximum absolute atomic E-state index is 13.7. The zero-order chi connectivity index (χ0) is 23.8. The van der Waals surface area contributed by atoms with E-state index in [0.29, 0.717) is 66.6 Å². The van der Waals surface area contributed by atoms with Crippen molar-refractivity contribution >= 4 is 32.6 Å². The van der Waals surface area contributed by atoms with Gasteiger partial charge in [0.15, 0.2) is 0 Å². The molecule has 6 rings (SSSR count). The number of anilines is 2. The Morgan fingerprint density at radius 1 is 1.15 bits per heavy atom. The molecular formula is C23H30F2N6O2S. The SMILES string of the molecule is CN1C[C@@H]2[C@H](C1)[C@@H]2Nc1ncc2cc(C(F)F)cc(N3CCC4(CCN(S(C)(=O)=O)C4)C3)c2n1. The molecule has 8 nitrogen and oxygen atoms in total. The number of piperidine rings is 1. The highest BCUT2D eigenvalue weighted by Crippen LogP contribution is 2.47. The molecule has 1 spiro atoms. The number of fused-ring (bicyclic) bond motifs is 2. The maximum atomic E-state index is 13.7.